The molecule has 8 heteroatoms. The first-order valence-electron chi connectivity index (χ1n) is 10.7. The first kappa shape index (κ1) is 22.2. The molecular formula is C24H27ClN4O3. The lowest BCUT2D eigenvalue weighted by Crippen LogP contribution is -2.33. The zero-order valence-corrected chi connectivity index (χ0v) is 19.1. The number of benzene rings is 2. The minimum atomic E-state index is -0.103. The fourth-order valence-electron chi connectivity index (χ4n) is 3.66. The summed E-state index contributed by atoms with van der Waals surface area (Å²) in [4.78, 5) is 14.7. The lowest BCUT2D eigenvalue weighted by atomic mass is 10.2. The zero-order valence-electron chi connectivity index (χ0n) is 18.3. The number of likely N-dealkylation sites (N-methyl/N-ethyl adjacent to an activating group) is 1. The number of nitrogens with zero attached hydrogens (tertiary/aromatic N) is 3. The van der Waals surface area contributed by atoms with Crippen LogP contribution in [-0.4, -0.2) is 46.9 Å². The molecule has 0 bridgehead atoms. The van der Waals surface area contributed by atoms with E-state index >= 15 is 0 Å². The molecule has 0 radical (unpaired) electrons. The molecule has 1 aromatic heterocycles. The molecule has 1 aliphatic heterocycles. The van der Waals surface area contributed by atoms with Crippen molar-refractivity contribution >= 4 is 23.2 Å². The molecule has 168 valence electrons. The van der Waals surface area contributed by atoms with Gasteiger partial charge in [-0.2, -0.15) is 5.10 Å². The molecule has 2 heterocycles. The molecule has 2 aromatic carbocycles. The maximum atomic E-state index is 12.7. The van der Waals surface area contributed by atoms with Crippen LogP contribution in [0.3, 0.4) is 0 Å². The minimum Gasteiger partial charge on any atom is -0.486 e. The largest absolute Gasteiger partial charge is 0.486 e. The second-order valence-electron chi connectivity index (χ2n) is 7.71. The number of carbonyl (C=O) groups is 1. The number of rotatable bonds is 8. The van der Waals surface area contributed by atoms with E-state index in [1.54, 1.807) is 6.07 Å². The van der Waals surface area contributed by atoms with Gasteiger partial charge >= 0.3 is 0 Å². The van der Waals surface area contributed by atoms with Crippen LogP contribution in [0.15, 0.2) is 48.5 Å². The van der Waals surface area contributed by atoms with Gasteiger partial charge in [-0.05, 0) is 31.2 Å². The Kier molecular flexibility index (Phi) is 6.97. The molecule has 0 spiro atoms. The lowest BCUT2D eigenvalue weighted by molar-refractivity contribution is -0.117. The van der Waals surface area contributed by atoms with Gasteiger partial charge in [0.2, 0.25) is 5.91 Å². The number of fused-ring (bicyclic) bond motifs is 1. The predicted molar refractivity (Wildman–Crippen MR) is 125 cm³/mol. The molecule has 0 unspecified atom stereocenters. The van der Waals surface area contributed by atoms with Crippen LogP contribution in [0.2, 0.25) is 5.15 Å². The molecule has 0 atom stereocenters. The van der Waals surface area contributed by atoms with E-state index in [0.29, 0.717) is 55.2 Å². The molecular weight excluding hydrogens is 428 g/mol. The minimum absolute atomic E-state index is 0.103. The summed E-state index contributed by atoms with van der Waals surface area (Å²) in [6.45, 7) is 7.11. The Hall–Kier alpha value is -3.03. The van der Waals surface area contributed by atoms with Crippen molar-refractivity contribution in [1.29, 1.82) is 0 Å². The number of hydrogen-bond donors (Lipinski definition) is 1. The molecule has 32 heavy (non-hydrogen) atoms. The van der Waals surface area contributed by atoms with Gasteiger partial charge in [0.1, 0.15) is 18.4 Å². The average Bonchev–Trinajstić information content (AvgIpc) is 3.06. The number of hydrogen-bond acceptors (Lipinski definition) is 5. The van der Waals surface area contributed by atoms with Crippen LogP contribution in [-0.2, 0) is 17.9 Å². The Labute approximate surface area is 192 Å². The summed E-state index contributed by atoms with van der Waals surface area (Å²) in [7, 11) is 0. The normalized spacial score (nSPS) is 12.8. The van der Waals surface area contributed by atoms with Crippen LogP contribution in [0.5, 0.6) is 11.5 Å². The highest BCUT2D eigenvalue weighted by molar-refractivity contribution is 6.30. The topological polar surface area (TPSA) is 68.6 Å². The monoisotopic (exact) mass is 454 g/mol. The molecule has 0 fully saturated rings. The molecule has 0 saturated heterocycles. The molecule has 0 aliphatic carbocycles. The van der Waals surface area contributed by atoms with Crippen molar-refractivity contribution in [3.63, 3.8) is 0 Å². The van der Waals surface area contributed by atoms with Gasteiger partial charge in [0.15, 0.2) is 11.5 Å². The highest BCUT2D eigenvalue weighted by Gasteiger charge is 2.19. The third-order valence-electron chi connectivity index (χ3n) is 5.38. The van der Waals surface area contributed by atoms with Crippen LogP contribution in [0.1, 0.15) is 23.7 Å². The molecule has 0 saturated carbocycles. The Morgan fingerprint density at radius 1 is 1.16 bits per heavy atom. The Morgan fingerprint density at radius 2 is 1.91 bits per heavy atom. The van der Waals surface area contributed by atoms with Gasteiger partial charge in [0.25, 0.3) is 0 Å². The van der Waals surface area contributed by atoms with Crippen molar-refractivity contribution in [2.45, 2.75) is 26.9 Å². The summed E-state index contributed by atoms with van der Waals surface area (Å²) in [6, 6.07) is 15.5. The number of aryl methyl sites for hydroxylation is 1. The molecule has 1 N–H and O–H groups in total. The maximum Gasteiger partial charge on any atom is 0.238 e. The van der Waals surface area contributed by atoms with E-state index in [1.807, 2.05) is 65.9 Å². The second kappa shape index (κ2) is 10.1. The van der Waals surface area contributed by atoms with Crippen molar-refractivity contribution < 1.29 is 14.3 Å². The van der Waals surface area contributed by atoms with E-state index in [4.69, 9.17) is 21.1 Å². The second-order valence-corrected chi connectivity index (χ2v) is 8.07. The third kappa shape index (κ3) is 5.23. The van der Waals surface area contributed by atoms with E-state index in [-0.39, 0.29) is 12.5 Å². The molecule has 4 rings (SSSR count). The van der Waals surface area contributed by atoms with Gasteiger partial charge in [-0.3, -0.25) is 9.69 Å². The Bertz CT molecular complexity index is 1080. The van der Waals surface area contributed by atoms with Crippen molar-refractivity contribution in [1.82, 2.24) is 14.7 Å². The SMILES string of the molecule is CCN(CC(=O)Nc1ccc2c(c1)OCCO2)Cc1c(C)nn(Cc2ccccc2)c1Cl. The van der Waals surface area contributed by atoms with Crippen LogP contribution in [0, 0.1) is 6.92 Å². The van der Waals surface area contributed by atoms with Gasteiger partial charge in [-0.1, -0.05) is 48.9 Å². The number of aromatic nitrogens is 2. The first-order valence-corrected chi connectivity index (χ1v) is 11.1. The predicted octanol–water partition coefficient (Wildman–Crippen LogP) is 4.13. The lowest BCUT2D eigenvalue weighted by Gasteiger charge is -2.21. The van der Waals surface area contributed by atoms with Gasteiger partial charge < -0.3 is 14.8 Å². The highest BCUT2D eigenvalue weighted by Crippen LogP contribution is 2.32. The number of anilines is 1. The number of carbonyl (C=O) groups excluding carboxylic acids is 1. The van der Waals surface area contributed by atoms with Crippen molar-refractivity contribution in [3.05, 3.63) is 70.5 Å². The standard InChI is InChI=1S/C24H27ClN4O3/c1-3-28(16-23(30)26-19-9-10-21-22(13-19)32-12-11-31-21)15-20-17(2)27-29(24(20)25)14-18-7-5-4-6-8-18/h4-10,13H,3,11-12,14-16H2,1-2H3,(H,26,30). The Morgan fingerprint density at radius 3 is 2.66 bits per heavy atom. The van der Waals surface area contributed by atoms with Crippen molar-refractivity contribution in [2.24, 2.45) is 0 Å². The van der Waals surface area contributed by atoms with Gasteiger partial charge in [-0.25, -0.2) is 4.68 Å². The van der Waals surface area contributed by atoms with E-state index in [9.17, 15) is 4.79 Å². The Balaban J connectivity index is 1.39. The van der Waals surface area contributed by atoms with Crippen molar-refractivity contribution in [2.75, 3.05) is 31.6 Å². The quantitative estimate of drug-likeness (QED) is 0.554. The molecule has 1 amide bonds. The summed E-state index contributed by atoms with van der Waals surface area (Å²) in [5, 5.41) is 8.16. The number of amides is 1. The summed E-state index contributed by atoms with van der Waals surface area (Å²) < 4.78 is 12.9. The summed E-state index contributed by atoms with van der Waals surface area (Å²) in [6.07, 6.45) is 0. The molecule has 7 nitrogen and oxygen atoms in total. The van der Waals surface area contributed by atoms with E-state index in [1.165, 1.54) is 0 Å². The summed E-state index contributed by atoms with van der Waals surface area (Å²) >= 11 is 6.66. The van der Waals surface area contributed by atoms with Gasteiger partial charge in [0.05, 0.1) is 18.8 Å². The summed E-state index contributed by atoms with van der Waals surface area (Å²) in [5.41, 5.74) is 3.63. The maximum absolute atomic E-state index is 12.7. The van der Waals surface area contributed by atoms with Crippen molar-refractivity contribution in [3.8, 4) is 11.5 Å². The zero-order chi connectivity index (χ0) is 22.5. The third-order valence-corrected chi connectivity index (χ3v) is 5.80. The van der Waals surface area contributed by atoms with Crippen LogP contribution < -0.4 is 14.8 Å². The number of nitrogens with one attached hydrogen (secondary N) is 1. The summed E-state index contributed by atoms with van der Waals surface area (Å²) in [5.74, 6) is 1.24. The van der Waals surface area contributed by atoms with Gasteiger partial charge in [0, 0.05) is 23.9 Å². The van der Waals surface area contributed by atoms with Crippen LogP contribution in [0.25, 0.3) is 0 Å². The number of halogens is 1. The van der Waals surface area contributed by atoms with E-state index in [0.717, 1.165) is 16.8 Å². The smallest absolute Gasteiger partial charge is 0.238 e. The fourth-order valence-corrected chi connectivity index (χ4v) is 3.95. The van der Waals surface area contributed by atoms with Crippen LogP contribution >= 0.6 is 11.6 Å². The number of ether oxygens (including phenoxy) is 2. The first-order chi connectivity index (χ1) is 15.5. The van der Waals surface area contributed by atoms with E-state index in [2.05, 4.69) is 10.4 Å². The highest BCUT2D eigenvalue weighted by atomic mass is 35.5. The molecule has 3 aromatic rings. The fraction of sp³-hybridized carbons (Fsp3) is 0.333. The average molecular weight is 455 g/mol. The van der Waals surface area contributed by atoms with Crippen LogP contribution in [0.4, 0.5) is 5.69 Å². The molecule has 1 aliphatic rings. The van der Waals surface area contributed by atoms with E-state index < -0.39 is 0 Å². The van der Waals surface area contributed by atoms with Gasteiger partial charge in [-0.15, -0.1) is 0 Å².